The molecule has 0 aliphatic heterocycles. The minimum atomic E-state index is -1.23. The van der Waals surface area contributed by atoms with E-state index in [2.05, 4.69) is 96.3 Å². The van der Waals surface area contributed by atoms with Crippen molar-refractivity contribution in [3.63, 3.8) is 0 Å². The van der Waals surface area contributed by atoms with Gasteiger partial charge in [0.15, 0.2) is 0 Å². The van der Waals surface area contributed by atoms with Gasteiger partial charge < -0.3 is 14.4 Å². The van der Waals surface area contributed by atoms with Crippen LogP contribution in [0.5, 0.6) is 0 Å². The topological polar surface area (TPSA) is 38.9 Å². The summed E-state index contributed by atoms with van der Waals surface area (Å²) in [5.74, 6) is -0.677. The van der Waals surface area contributed by atoms with E-state index in [0.717, 1.165) is 61.1 Å². The Hall–Kier alpha value is -4.15. The number of aromatic nitrogens is 2. The molecule has 5 heteroatoms. The number of nitrogens with zero attached hydrogens (tertiary/aromatic N) is 2. The number of rotatable bonds is 5. The molecule has 0 saturated carbocycles. The molecule has 0 amide bonds. The molecule has 0 unspecified atom stereocenters. The summed E-state index contributed by atoms with van der Waals surface area (Å²) in [6.07, 6.45) is 3.79. The first-order valence-electron chi connectivity index (χ1n) is 15.8. The molecule has 0 N–H and O–H groups in total. The van der Waals surface area contributed by atoms with Crippen LogP contribution in [0.2, 0.25) is 19.6 Å². The predicted molar refractivity (Wildman–Crippen MR) is 192 cm³/mol. The van der Waals surface area contributed by atoms with E-state index in [1.807, 2.05) is 75.5 Å². The first-order valence-corrected chi connectivity index (χ1v) is 18.8. The number of fused-ring (bicyclic) bond motifs is 3. The normalized spacial score (nSPS) is 11.8. The van der Waals surface area contributed by atoms with E-state index in [4.69, 9.17) is 5.79 Å². The average molecular weight is 796 g/mol. The Kier molecular flexibility index (Phi) is 9.74. The maximum atomic E-state index is 8.34. The van der Waals surface area contributed by atoms with Gasteiger partial charge >= 0.3 is 0 Å². The van der Waals surface area contributed by atoms with Gasteiger partial charge in [0.05, 0.1) is 13.7 Å². The van der Waals surface area contributed by atoms with Crippen molar-refractivity contribution in [1.29, 1.82) is 0 Å². The molecule has 0 aliphatic rings. The molecule has 0 spiro atoms. The van der Waals surface area contributed by atoms with E-state index in [1.54, 1.807) is 6.20 Å². The van der Waals surface area contributed by atoms with E-state index < -0.39 is 14.0 Å². The monoisotopic (exact) mass is 796 g/mol. The third-order valence-electron chi connectivity index (χ3n) is 8.01. The second-order valence-corrected chi connectivity index (χ2v) is 17.7. The first-order chi connectivity index (χ1) is 22.0. The molecule has 3 nitrogen and oxygen atoms in total. The second kappa shape index (κ2) is 14.1. The number of hydrogen-bond donors (Lipinski definition) is 0. The summed E-state index contributed by atoms with van der Waals surface area (Å²) >= 11 is 0. The third-order valence-corrected chi connectivity index (χ3v) is 10.0. The van der Waals surface area contributed by atoms with Gasteiger partial charge in [-0.25, -0.2) is 0 Å². The van der Waals surface area contributed by atoms with E-state index in [-0.39, 0.29) is 20.1 Å². The van der Waals surface area contributed by atoms with Crippen LogP contribution >= 0.6 is 0 Å². The fourth-order valence-electron chi connectivity index (χ4n) is 5.36. The summed E-state index contributed by atoms with van der Waals surface area (Å²) in [7, 11) is -1.23. The van der Waals surface area contributed by atoms with Gasteiger partial charge in [-0.05, 0) is 51.8 Å². The average Bonchev–Trinajstić information content (AvgIpc) is 3.44. The Morgan fingerprint density at radius 3 is 2.22 bits per heavy atom. The summed E-state index contributed by atoms with van der Waals surface area (Å²) in [5.41, 5.74) is 9.76. The SMILES string of the molecule is C[Si](C)(C)c1ccc(-c2[c-]cccc2)nc1.[2H]C(C)(C)c1ccnc(-c2[c-]c(C)c3oc4ccc(-c5ccccc5)cc4c3c2)c1.[Ir]. The molecular weight excluding hydrogens is 757 g/mol. The molecule has 7 aromatic rings. The largest absolute Gasteiger partial charge is 0.500 e. The number of furan rings is 1. The quantitative estimate of drug-likeness (QED) is 0.129. The Morgan fingerprint density at radius 1 is 0.761 bits per heavy atom. The van der Waals surface area contributed by atoms with Crippen LogP contribution in [-0.4, -0.2) is 18.0 Å². The van der Waals surface area contributed by atoms with Crippen LogP contribution in [0, 0.1) is 19.1 Å². The molecule has 7 rings (SSSR count). The Balaban J connectivity index is 0.000000217. The summed E-state index contributed by atoms with van der Waals surface area (Å²) in [4.78, 5) is 9.07. The molecule has 0 bridgehead atoms. The van der Waals surface area contributed by atoms with Crippen molar-refractivity contribution in [2.24, 2.45) is 0 Å². The molecule has 0 atom stereocenters. The van der Waals surface area contributed by atoms with Crippen LogP contribution in [0.3, 0.4) is 0 Å². The second-order valence-electron chi connectivity index (χ2n) is 12.6. The van der Waals surface area contributed by atoms with Crippen LogP contribution in [0.1, 0.15) is 32.2 Å². The standard InChI is InChI=1S/C27H22NO.C14H16NSi.Ir/c1-17(2)20-11-12-28-25(16-20)22-13-18(3)27-24(15-22)23-14-21(9-10-26(23)29-27)19-7-5-4-6-8-19;1-16(2,3)13-9-10-14(15-11-13)12-7-5-4-6-8-12;/h4-12,14-17H,1-3H3;4-7,9-11H,1-3H3;/q2*-1;/i17D;;. The molecule has 0 saturated heterocycles. The van der Waals surface area contributed by atoms with Crippen LogP contribution in [-0.2, 0) is 20.1 Å². The Labute approximate surface area is 288 Å². The van der Waals surface area contributed by atoms with E-state index in [0.29, 0.717) is 0 Å². The van der Waals surface area contributed by atoms with Gasteiger partial charge in [0.1, 0.15) is 5.58 Å². The van der Waals surface area contributed by atoms with Crippen molar-refractivity contribution < 1.29 is 25.9 Å². The summed E-state index contributed by atoms with van der Waals surface area (Å²) in [6, 6.07) is 41.6. The summed E-state index contributed by atoms with van der Waals surface area (Å²) < 4.78 is 14.5. The zero-order chi connectivity index (χ0) is 32.5. The van der Waals surface area contributed by atoms with Gasteiger partial charge in [0.25, 0.3) is 0 Å². The van der Waals surface area contributed by atoms with Crippen LogP contribution in [0.4, 0.5) is 0 Å². The Morgan fingerprint density at radius 2 is 1.54 bits per heavy atom. The smallest absolute Gasteiger partial charge is 0.121 e. The molecule has 3 heterocycles. The number of pyridine rings is 2. The van der Waals surface area contributed by atoms with Crippen molar-refractivity contribution in [2.45, 2.75) is 46.3 Å². The van der Waals surface area contributed by atoms with Gasteiger partial charge in [-0.2, -0.15) is 0 Å². The van der Waals surface area contributed by atoms with Gasteiger partial charge in [-0.1, -0.05) is 112 Å². The third kappa shape index (κ3) is 7.29. The maximum Gasteiger partial charge on any atom is 0.121 e. The molecule has 0 aliphatic carbocycles. The van der Waals surface area contributed by atoms with E-state index >= 15 is 0 Å². The zero-order valence-corrected chi connectivity index (χ0v) is 30.5. The Bertz CT molecular complexity index is 2110. The predicted octanol–water partition coefficient (Wildman–Crippen LogP) is 10.6. The maximum absolute atomic E-state index is 8.34. The van der Waals surface area contributed by atoms with Crippen LogP contribution in [0.15, 0.2) is 120 Å². The van der Waals surface area contributed by atoms with E-state index in [1.165, 1.54) is 10.8 Å². The fourth-order valence-corrected chi connectivity index (χ4v) is 6.40. The van der Waals surface area contributed by atoms with Crippen molar-refractivity contribution in [3.05, 3.63) is 139 Å². The van der Waals surface area contributed by atoms with E-state index in [9.17, 15) is 0 Å². The molecule has 1 radical (unpaired) electrons. The number of hydrogen-bond acceptors (Lipinski definition) is 3. The van der Waals surface area contributed by atoms with Crippen molar-refractivity contribution >= 4 is 35.2 Å². The fraction of sp³-hybridized carbons (Fsp3) is 0.171. The van der Waals surface area contributed by atoms with Gasteiger partial charge in [-0.15, -0.1) is 53.6 Å². The van der Waals surface area contributed by atoms with Crippen molar-refractivity contribution in [3.8, 4) is 33.6 Å². The van der Waals surface area contributed by atoms with Crippen LogP contribution < -0.4 is 5.19 Å². The molecular formula is C41H38IrN2OSi-2. The molecule has 4 aromatic carbocycles. The van der Waals surface area contributed by atoms with Gasteiger partial charge in [0, 0.05) is 39.3 Å². The summed E-state index contributed by atoms with van der Waals surface area (Å²) in [5, 5.41) is 3.54. The van der Waals surface area contributed by atoms with Gasteiger partial charge in [-0.3, -0.25) is 0 Å². The van der Waals surface area contributed by atoms with Gasteiger partial charge in [0.2, 0.25) is 0 Å². The molecule has 46 heavy (non-hydrogen) atoms. The molecule has 3 aromatic heterocycles. The molecule has 0 fully saturated rings. The number of benzene rings is 4. The summed E-state index contributed by atoms with van der Waals surface area (Å²) in [6.45, 7) is 12.8. The molecule has 233 valence electrons. The van der Waals surface area contributed by atoms with Crippen molar-refractivity contribution in [2.75, 3.05) is 0 Å². The number of aryl methyl sites for hydroxylation is 1. The minimum absolute atomic E-state index is 0. The van der Waals surface area contributed by atoms with Crippen molar-refractivity contribution in [1.82, 2.24) is 9.97 Å². The zero-order valence-electron chi connectivity index (χ0n) is 28.1. The van der Waals surface area contributed by atoms with Crippen LogP contribution in [0.25, 0.3) is 55.6 Å². The minimum Gasteiger partial charge on any atom is -0.500 e. The first kappa shape index (κ1) is 31.8.